The molecule has 27 heavy (non-hydrogen) atoms. The molecular weight excluding hydrogens is 346 g/mol. The predicted octanol–water partition coefficient (Wildman–Crippen LogP) is 0.867. The van der Waals surface area contributed by atoms with E-state index in [1.165, 1.54) is 12.5 Å². The number of aromatic nitrogens is 3. The van der Waals surface area contributed by atoms with Gasteiger partial charge in [0.15, 0.2) is 0 Å². The van der Waals surface area contributed by atoms with Crippen molar-refractivity contribution >= 4 is 17.6 Å². The minimum atomic E-state index is -1.10. The number of hydrogen-bond acceptors (Lipinski definition) is 5. The summed E-state index contributed by atoms with van der Waals surface area (Å²) in [6.45, 7) is 0. The van der Waals surface area contributed by atoms with Crippen LogP contribution in [0.4, 0.5) is 0 Å². The molecule has 4 N–H and O–H groups in total. The van der Waals surface area contributed by atoms with E-state index in [1.807, 2.05) is 18.2 Å². The molecular formula is C19H17N5O3. The van der Waals surface area contributed by atoms with Gasteiger partial charge in [-0.2, -0.15) is 0 Å². The number of aromatic amines is 1. The number of carbonyl (C=O) groups is 3. The van der Waals surface area contributed by atoms with Crippen LogP contribution in [0.25, 0.3) is 11.3 Å². The molecule has 3 rings (SSSR count). The van der Waals surface area contributed by atoms with Crippen molar-refractivity contribution in [3.8, 4) is 11.3 Å². The number of rotatable bonds is 7. The maximum Gasteiger partial charge on any atom is 0.287 e. The number of primary amides is 1. The summed E-state index contributed by atoms with van der Waals surface area (Å²) < 4.78 is 0. The lowest BCUT2D eigenvalue weighted by atomic mass is 10.0. The van der Waals surface area contributed by atoms with Gasteiger partial charge >= 0.3 is 0 Å². The lowest BCUT2D eigenvalue weighted by Crippen LogP contribution is -2.47. The summed E-state index contributed by atoms with van der Waals surface area (Å²) in [5.41, 5.74) is 7.34. The minimum Gasteiger partial charge on any atom is -0.366 e. The van der Waals surface area contributed by atoms with Crippen LogP contribution in [0, 0.1) is 0 Å². The molecule has 0 aliphatic heterocycles. The molecule has 0 aliphatic rings. The average Bonchev–Trinajstić information content (AvgIpc) is 3.18. The van der Waals surface area contributed by atoms with E-state index in [-0.39, 0.29) is 6.42 Å². The topological polar surface area (TPSA) is 131 Å². The first kappa shape index (κ1) is 18.0. The van der Waals surface area contributed by atoms with E-state index in [0.717, 1.165) is 5.56 Å². The van der Waals surface area contributed by atoms with Gasteiger partial charge in [0.2, 0.25) is 5.78 Å². The van der Waals surface area contributed by atoms with Gasteiger partial charge in [-0.05, 0) is 11.6 Å². The number of H-pyrrole nitrogens is 1. The van der Waals surface area contributed by atoms with Crippen molar-refractivity contribution < 1.29 is 14.4 Å². The molecule has 0 bridgehead atoms. The first-order chi connectivity index (χ1) is 13.1. The van der Waals surface area contributed by atoms with E-state index in [2.05, 4.69) is 20.3 Å². The summed E-state index contributed by atoms with van der Waals surface area (Å²) in [6, 6.07) is 9.65. The zero-order valence-electron chi connectivity index (χ0n) is 14.3. The van der Waals surface area contributed by atoms with Gasteiger partial charge in [0.25, 0.3) is 11.8 Å². The number of amides is 2. The molecule has 2 amide bonds. The fraction of sp³-hybridized carbons (Fsp3) is 0.105. The minimum absolute atomic E-state index is 0.154. The molecule has 2 aromatic heterocycles. The van der Waals surface area contributed by atoms with Gasteiger partial charge in [0, 0.05) is 30.6 Å². The van der Waals surface area contributed by atoms with Crippen LogP contribution < -0.4 is 11.1 Å². The van der Waals surface area contributed by atoms with Gasteiger partial charge in [-0.1, -0.05) is 30.3 Å². The fourth-order valence-corrected chi connectivity index (χ4v) is 2.68. The highest BCUT2D eigenvalue weighted by Gasteiger charge is 2.27. The Hall–Kier alpha value is -3.81. The Morgan fingerprint density at radius 2 is 1.89 bits per heavy atom. The molecule has 2 heterocycles. The normalized spacial score (nSPS) is 11.6. The van der Waals surface area contributed by atoms with Crippen molar-refractivity contribution in [3.63, 3.8) is 0 Å². The average molecular weight is 363 g/mol. The van der Waals surface area contributed by atoms with Crippen LogP contribution >= 0.6 is 0 Å². The van der Waals surface area contributed by atoms with Crippen molar-refractivity contribution in [2.24, 2.45) is 5.73 Å². The van der Waals surface area contributed by atoms with Crippen molar-refractivity contribution in [1.29, 1.82) is 0 Å². The van der Waals surface area contributed by atoms with Gasteiger partial charge in [0.05, 0.1) is 11.3 Å². The third kappa shape index (κ3) is 4.24. The smallest absolute Gasteiger partial charge is 0.287 e. The first-order valence-electron chi connectivity index (χ1n) is 8.18. The number of benzene rings is 1. The second-order valence-electron chi connectivity index (χ2n) is 5.82. The summed E-state index contributed by atoms with van der Waals surface area (Å²) in [5, 5.41) is 2.61. The standard InChI is InChI=1S/C19H17N5O3/c20-18(26)17(25)16(8-12-4-2-1-3-5-12)24-19(27)14-10-22-9-13(14)15-6-7-21-11-23-15/h1-7,9-11,16,22H,8H2,(H2,20,26)(H,24,27). The van der Waals surface area contributed by atoms with E-state index < -0.39 is 23.6 Å². The van der Waals surface area contributed by atoms with Gasteiger partial charge < -0.3 is 16.0 Å². The van der Waals surface area contributed by atoms with Crippen LogP contribution in [0.15, 0.2) is 61.3 Å². The van der Waals surface area contributed by atoms with Crippen LogP contribution in [0.1, 0.15) is 15.9 Å². The number of nitrogens with zero attached hydrogens (tertiary/aromatic N) is 2. The van der Waals surface area contributed by atoms with E-state index in [9.17, 15) is 14.4 Å². The van der Waals surface area contributed by atoms with Gasteiger partial charge in [-0.3, -0.25) is 14.4 Å². The third-order valence-electron chi connectivity index (χ3n) is 4.00. The maximum atomic E-state index is 12.7. The van der Waals surface area contributed by atoms with Gasteiger partial charge in [-0.25, -0.2) is 9.97 Å². The Bertz CT molecular complexity index is 954. The summed E-state index contributed by atoms with van der Waals surface area (Å²) in [5.74, 6) is -2.46. The number of nitrogens with one attached hydrogen (secondary N) is 2. The molecule has 0 radical (unpaired) electrons. The Kier molecular flexibility index (Phi) is 5.36. The SMILES string of the molecule is NC(=O)C(=O)C(Cc1ccccc1)NC(=O)c1c[nH]cc1-c1ccncn1. The molecule has 136 valence electrons. The lowest BCUT2D eigenvalue weighted by Gasteiger charge is -2.16. The lowest BCUT2D eigenvalue weighted by molar-refractivity contribution is -0.137. The fourth-order valence-electron chi connectivity index (χ4n) is 2.68. The summed E-state index contributed by atoms with van der Waals surface area (Å²) in [7, 11) is 0. The van der Waals surface area contributed by atoms with E-state index >= 15 is 0 Å². The molecule has 0 saturated carbocycles. The van der Waals surface area contributed by atoms with Crippen LogP contribution in [0.2, 0.25) is 0 Å². The van der Waals surface area contributed by atoms with E-state index in [0.29, 0.717) is 16.8 Å². The molecule has 1 unspecified atom stereocenters. The van der Waals surface area contributed by atoms with Gasteiger partial charge in [0.1, 0.15) is 12.4 Å². The maximum absolute atomic E-state index is 12.7. The number of carbonyl (C=O) groups excluding carboxylic acids is 3. The monoisotopic (exact) mass is 363 g/mol. The number of Topliss-reactive ketones (excluding diaryl/α,β-unsaturated/α-hetero) is 1. The van der Waals surface area contributed by atoms with Crippen molar-refractivity contribution in [2.45, 2.75) is 12.5 Å². The molecule has 1 atom stereocenters. The highest BCUT2D eigenvalue weighted by atomic mass is 16.2. The van der Waals surface area contributed by atoms with Crippen molar-refractivity contribution in [2.75, 3.05) is 0 Å². The number of nitrogens with two attached hydrogens (primary N) is 1. The molecule has 0 spiro atoms. The molecule has 1 aromatic carbocycles. The summed E-state index contributed by atoms with van der Waals surface area (Å²) >= 11 is 0. The summed E-state index contributed by atoms with van der Waals surface area (Å²) in [4.78, 5) is 47.2. The number of hydrogen-bond donors (Lipinski definition) is 3. The summed E-state index contributed by atoms with van der Waals surface area (Å²) in [6.07, 6.45) is 6.22. The van der Waals surface area contributed by atoms with E-state index in [1.54, 1.807) is 30.6 Å². The zero-order chi connectivity index (χ0) is 19.2. The third-order valence-corrected chi connectivity index (χ3v) is 4.00. The Balaban J connectivity index is 1.84. The second-order valence-corrected chi connectivity index (χ2v) is 5.82. The Morgan fingerprint density at radius 3 is 2.56 bits per heavy atom. The highest BCUT2D eigenvalue weighted by Crippen LogP contribution is 2.21. The Labute approximate surface area is 154 Å². The predicted molar refractivity (Wildman–Crippen MR) is 97.4 cm³/mol. The quantitative estimate of drug-likeness (QED) is 0.536. The molecule has 0 aliphatic carbocycles. The number of ketones is 1. The first-order valence-corrected chi connectivity index (χ1v) is 8.18. The zero-order valence-corrected chi connectivity index (χ0v) is 14.3. The molecule has 8 heteroatoms. The van der Waals surface area contributed by atoms with Crippen LogP contribution in [0.3, 0.4) is 0 Å². The van der Waals surface area contributed by atoms with E-state index in [4.69, 9.17) is 5.73 Å². The van der Waals surface area contributed by atoms with Crippen molar-refractivity contribution in [3.05, 3.63) is 72.4 Å². The van der Waals surface area contributed by atoms with Gasteiger partial charge in [-0.15, -0.1) is 0 Å². The Morgan fingerprint density at radius 1 is 1.11 bits per heavy atom. The highest BCUT2D eigenvalue weighted by molar-refractivity contribution is 6.38. The second kappa shape index (κ2) is 8.05. The largest absolute Gasteiger partial charge is 0.366 e. The molecule has 0 fully saturated rings. The molecule has 0 saturated heterocycles. The van der Waals surface area contributed by atoms with Crippen molar-refractivity contribution in [1.82, 2.24) is 20.3 Å². The molecule has 3 aromatic rings. The molecule has 8 nitrogen and oxygen atoms in total. The van der Waals surface area contributed by atoms with Crippen LogP contribution in [-0.4, -0.2) is 38.6 Å². The van der Waals surface area contributed by atoms with Crippen LogP contribution in [0.5, 0.6) is 0 Å². The van der Waals surface area contributed by atoms with Crippen LogP contribution in [-0.2, 0) is 16.0 Å².